The van der Waals surface area contributed by atoms with Crippen LogP contribution in [-0.4, -0.2) is 32.9 Å². The van der Waals surface area contributed by atoms with Crippen molar-refractivity contribution in [3.05, 3.63) is 29.6 Å². The van der Waals surface area contributed by atoms with Crippen molar-refractivity contribution in [2.75, 3.05) is 20.8 Å². The lowest BCUT2D eigenvalue weighted by atomic mass is 9.97. The second kappa shape index (κ2) is 7.04. The maximum absolute atomic E-state index is 14.2. The van der Waals surface area contributed by atoms with Gasteiger partial charge in [-0.3, -0.25) is 0 Å². The van der Waals surface area contributed by atoms with Gasteiger partial charge in [0.2, 0.25) is 0 Å². The minimum absolute atomic E-state index is 0.129. The van der Waals surface area contributed by atoms with Crippen LogP contribution in [0.3, 0.4) is 0 Å². The van der Waals surface area contributed by atoms with Gasteiger partial charge in [0.15, 0.2) is 11.6 Å². The van der Waals surface area contributed by atoms with Crippen LogP contribution < -0.4 is 10.1 Å². The minimum atomic E-state index is -0.263. The molecule has 1 aliphatic rings. The van der Waals surface area contributed by atoms with E-state index in [2.05, 4.69) is 5.32 Å². The smallest absolute Gasteiger partial charge is 0.168 e. The molecule has 0 aliphatic heterocycles. The van der Waals surface area contributed by atoms with E-state index in [-0.39, 0.29) is 18.0 Å². The van der Waals surface area contributed by atoms with Crippen LogP contribution in [0.15, 0.2) is 18.2 Å². The van der Waals surface area contributed by atoms with Gasteiger partial charge < -0.3 is 14.8 Å². The standard InChI is InChI=1S/C16H24FNO2/c1-4-20-16(11-8-9-11)13(18-2)10-12-6-5-7-14(19-3)15(12)17/h5-7,11,13,16,18H,4,8-10H2,1-3H3. The van der Waals surface area contributed by atoms with Gasteiger partial charge in [0.05, 0.1) is 13.2 Å². The van der Waals surface area contributed by atoms with Gasteiger partial charge in [-0.15, -0.1) is 0 Å². The highest BCUT2D eigenvalue weighted by atomic mass is 19.1. The van der Waals surface area contributed by atoms with E-state index < -0.39 is 0 Å². The van der Waals surface area contributed by atoms with Crippen LogP contribution in [0.25, 0.3) is 0 Å². The number of hydrogen-bond acceptors (Lipinski definition) is 3. The predicted molar refractivity (Wildman–Crippen MR) is 77.6 cm³/mol. The Morgan fingerprint density at radius 2 is 2.15 bits per heavy atom. The first-order chi connectivity index (χ1) is 9.71. The molecule has 0 amide bonds. The van der Waals surface area contributed by atoms with Crippen LogP contribution in [0.4, 0.5) is 4.39 Å². The summed E-state index contributed by atoms with van der Waals surface area (Å²) in [7, 11) is 3.40. The van der Waals surface area contributed by atoms with Crippen LogP contribution >= 0.6 is 0 Å². The van der Waals surface area contributed by atoms with Crippen molar-refractivity contribution < 1.29 is 13.9 Å². The van der Waals surface area contributed by atoms with Gasteiger partial charge in [0.25, 0.3) is 0 Å². The quantitative estimate of drug-likeness (QED) is 0.795. The molecule has 0 aromatic heterocycles. The zero-order valence-corrected chi connectivity index (χ0v) is 12.5. The van der Waals surface area contributed by atoms with E-state index >= 15 is 0 Å². The van der Waals surface area contributed by atoms with Gasteiger partial charge in [0.1, 0.15) is 0 Å². The number of hydrogen-bond donors (Lipinski definition) is 1. The van der Waals surface area contributed by atoms with E-state index in [0.29, 0.717) is 30.3 Å². The van der Waals surface area contributed by atoms with Crippen molar-refractivity contribution in [2.24, 2.45) is 5.92 Å². The fraction of sp³-hybridized carbons (Fsp3) is 0.625. The second-order valence-electron chi connectivity index (χ2n) is 5.29. The van der Waals surface area contributed by atoms with Crippen LogP contribution in [0.5, 0.6) is 5.75 Å². The summed E-state index contributed by atoms with van der Waals surface area (Å²) in [5, 5.41) is 3.29. The summed E-state index contributed by atoms with van der Waals surface area (Å²) in [6, 6.07) is 5.42. The number of rotatable bonds is 8. The third-order valence-corrected chi connectivity index (χ3v) is 3.92. The Bertz CT molecular complexity index is 434. The first kappa shape index (κ1) is 15.3. The number of ether oxygens (including phenoxy) is 2. The molecule has 4 heteroatoms. The zero-order valence-electron chi connectivity index (χ0n) is 12.5. The average Bonchev–Trinajstić information content (AvgIpc) is 3.29. The van der Waals surface area contributed by atoms with Crippen LogP contribution in [-0.2, 0) is 11.2 Å². The van der Waals surface area contributed by atoms with Gasteiger partial charge in [0, 0.05) is 12.6 Å². The Balaban J connectivity index is 2.12. The van der Waals surface area contributed by atoms with E-state index in [1.54, 1.807) is 6.07 Å². The summed E-state index contributed by atoms with van der Waals surface area (Å²) in [4.78, 5) is 0. The topological polar surface area (TPSA) is 30.5 Å². The number of likely N-dealkylation sites (N-methyl/N-ethyl adjacent to an activating group) is 1. The van der Waals surface area contributed by atoms with Crippen molar-refractivity contribution in [1.29, 1.82) is 0 Å². The highest BCUT2D eigenvalue weighted by Gasteiger charge is 2.37. The molecule has 1 saturated carbocycles. The predicted octanol–water partition coefficient (Wildman–Crippen LogP) is 2.78. The van der Waals surface area contributed by atoms with Crippen LogP contribution in [0.1, 0.15) is 25.3 Å². The van der Waals surface area contributed by atoms with E-state index in [4.69, 9.17) is 9.47 Å². The molecule has 0 radical (unpaired) electrons. The van der Waals surface area contributed by atoms with Gasteiger partial charge in [-0.2, -0.15) is 0 Å². The van der Waals surface area contributed by atoms with E-state index in [1.807, 2.05) is 26.1 Å². The Kier molecular flexibility index (Phi) is 5.38. The SMILES string of the molecule is CCOC(C1CC1)C(Cc1cccc(OC)c1F)NC. The fourth-order valence-electron chi connectivity index (χ4n) is 2.69. The first-order valence-electron chi connectivity index (χ1n) is 7.31. The molecule has 0 bridgehead atoms. The normalized spacial score (nSPS) is 17.8. The Labute approximate surface area is 120 Å². The molecule has 1 aromatic rings. The lowest BCUT2D eigenvalue weighted by Crippen LogP contribution is -2.42. The molecule has 1 aromatic carbocycles. The van der Waals surface area contributed by atoms with Crippen LogP contribution in [0.2, 0.25) is 0 Å². The minimum Gasteiger partial charge on any atom is -0.494 e. The zero-order chi connectivity index (χ0) is 14.5. The highest BCUT2D eigenvalue weighted by molar-refractivity contribution is 5.31. The molecule has 0 saturated heterocycles. The average molecular weight is 281 g/mol. The maximum atomic E-state index is 14.2. The maximum Gasteiger partial charge on any atom is 0.168 e. The van der Waals surface area contributed by atoms with Crippen molar-refractivity contribution >= 4 is 0 Å². The Morgan fingerprint density at radius 1 is 1.40 bits per heavy atom. The number of methoxy groups -OCH3 is 1. The summed E-state index contributed by atoms with van der Waals surface area (Å²) < 4.78 is 25.2. The van der Waals surface area contributed by atoms with Gasteiger partial charge in [-0.25, -0.2) is 4.39 Å². The number of halogens is 1. The lowest BCUT2D eigenvalue weighted by Gasteiger charge is -2.27. The fourth-order valence-corrected chi connectivity index (χ4v) is 2.69. The van der Waals surface area contributed by atoms with Crippen molar-refractivity contribution in [3.8, 4) is 5.75 Å². The molecule has 1 fully saturated rings. The molecular weight excluding hydrogens is 257 g/mol. The van der Waals surface area contributed by atoms with Crippen molar-refractivity contribution in [2.45, 2.75) is 38.3 Å². The first-order valence-corrected chi connectivity index (χ1v) is 7.31. The Hall–Kier alpha value is -1.13. The molecular formula is C16H24FNO2. The Morgan fingerprint density at radius 3 is 2.70 bits per heavy atom. The summed E-state index contributed by atoms with van der Waals surface area (Å²) in [5.41, 5.74) is 0.675. The van der Waals surface area contributed by atoms with Crippen molar-refractivity contribution in [1.82, 2.24) is 5.32 Å². The van der Waals surface area contributed by atoms with Gasteiger partial charge in [-0.1, -0.05) is 12.1 Å². The molecule has 0 heterocycles. The third-order valence-electron chi connectivity index (χ3n) is 3.92. The van der Waals surface area contributed by atoms with E-state index in [0.717, 1.165) is 0 Å². The monoisotopic (exact) mass is 281 g/mol. The van der Waals surface area contributed by atoms with E-state index in [9.17, 15) is 4.39 Å². The number of nitrogens with one attached hydrogen (secondary N) is 1. The van der Waals surface area contributed by atoms with Gasteiger partial charge in [-0.05, 0) is 50.8 Å². The molecule has 0 spiro atoms. The molecule has 2 rings (SSSR count). The lowest BCUT2D eigenvalue weighted by molar-refractivity contribution is 0.0209. The summed E-state index contributed by atoms with van der Waals surface area (Å²) in [6.45, 7) is 2.70. The molecule has 1 N–H and O–H groups in total. The number of benzene rings is 1. The third kappa shape index (κ3) is 3.49. The van der Waals surface area contributed by atoms with Crippen molar-refractivity contribution in [3.63, 3.8) is 0 Å². The largest absolute Gasteiger partial charge is 0.494 e. The molecule has 3 nitrogen and oxygen atoms in total. The summed E-state index contributed by atoms with van der Waals surface area (Å²) >= 11 is 0. The molecule has 1 aliphatic carbocycles. The summed E-state index contributed by atoms with van der Waals surface area (Å²) in [6.07, 6.45) is 3.20. The molecule has 2 atom stereocenters. The van der Waals surface area contributed by atoms with E-state index in [1.165, 1.54) is 20.0 Å². The molecule has 2 unspecified atom stereocenters. The van der Waals surface area contributed by atoms with Crippen LogP contribution in [0, 0.1) is 11.7 Å². The summed E-state index contributed by atoms with van der Waals surface area (Å²) in [5.74, 6) is 0.652. The second-order valence-corrected chi connectivity index (χ2v) is 5.29. The molecule has 112 valence electrons. The molecule has 20 heavy (non-hydrogen) atoms. The highest BCUT2D eigenvalue weighted by Crippen LogP contribution is 2.36. The van der Waals surface area contributed by atoms with Gasteiger partial charge >= 0.3 is 0 Å².